The van der Waals surface area contributed by atoms with Gasteiger partial charge in [0.1, 0.15) is 0 Å². The highest BCUT2D eigenvalue weighted by molar-refractivity contribution is 5.84. The summed E-state index contributed by atoms with van der Waals surface area (Å²) in [6.07, 6.45) is 8.85. The molecule has 2 aliphatic carbocycles. The van der Waals surface area contributed by atoms with Crippen LogP contribution in [0.1, 0.15) is 59.5 Å². The van der Waals surface area contributed by atoms with Gasteiger partial charge in [0.25, 0.3) is 0 Å². The van der Waals surface area contributed by atoms with Crippen LogP contribution in [0.5, 0.6) is 0 Å². The molecule has 0 bridgehead atoms. The Balaban J connectivity index is -0.000000462. The van der Waals surface area contributed by atoms with Gasteiger partial charge in [-0.2, -0.15) is 0 Å². The molecule has 2 aliphatic rings. The first-order valence-corrected chi connectivity index (χ1v) is 11.5. The van der Waals surface area contributed by atoms with Gasteiger partial charge in [-0.3, -0.25) is 4.70 Å². The molecule has 0 heterocycles. The second-order valence-electron chi connectivity index (χ2n) is 8.40. The van der Waals surface area contributed by atoms with Gasteiger partial charge in [0.05, 0.1) is 0 Å². The van der Waals surface area contributed by atoms with E-state index in [9.17, 15) is 0 Å². The fraction of sp³-hybridized carbons (Fsp3) is 0.448. The fourth-order valence-electron chi connectivity index (χ4n) is 4.03. The molecule has 0 amide bonds. The number of aliphatic hydroxyl groups is 2. The molecule has 1 unspecified atom stereocenters. The number of hydrogen-bond donors (Lipinski definition) is 3. The Labute approximate surface area is 207 Å². The van der Waals surface area contributed by atoms with Gasteiger partial charge >= 0.3 is 0 Å². The van der Waals surface area contributed by atoms with Crippen molar-refractivity contribution in [2.24, 2.45) is 11.7 Å². The smallest absolute Gasteiger partial charge is 0.0435 e. The van der Waals surface area contributed by atoms with Gasteiger partial charge in [-0.15, -0.1) is 0 Å². The predicted molar refractivity (Wildman–Crippen MR) is 146 cm³/mol. The second-order valence-corrected chi connectivity index (χ2v) is 8.40. The third-order valence-corrected chi connectivity index (χ3v) is 6.10. The maximum atomic E-state index is 7.57. The van der Waals surface area contributed by atoms with E-state index in [-0.39, 0.29) is 23.8 Å². The van der Waals surface area contributed by atoms with E-state index >= 15 is 0 Å². The molecule has 1 fully saturated rings. The van der Waals surface area contributed by atoms with Crippen molar-refractivity contribution in [1.29, 1.82) is 0 Å². The van der Waals surface area contributed by atoms with Crippen LogP contribution in [-0.2, 0) is 6.42 Å². The Kier molecular flexibility index (Phi) is 16.0. The molecule has 4 nitrogen and oxygen atoms in total. The molecule has 0 aromatic heterocycles. The summed E-state index contributed by atoms with van der Waals surface area (Å²) >= 11 is 0. The number of nitrogens with two attached hydrogens (primary N) is 1. The summed E-state index contributed by atoms with van der Waals surface area (Å²) < 4.78 is 0. The molecule has 2 aromatic rings. The van der Waals surface area contributed by atoms with E-state index in [2.05, 4.69) is 70.7 Å². The van der Waals surface area contributed by atoms with Crippen LogP contribution in [-0.4, -0.2) is 34.9 Å². The molecule has 2 aromatic carbocycles. The lowest BCUT2D eigenvalue weighted by Gasteiger charge is -2.35. The van der Waals surface area contributed by atoms with Crippen molar-refractivity contribution in [2.45, 2.75) is 65.8 Å². The molecule has 0 spiro atoms. The summed E-state index contributed by atoms with van der Waals surface area (Å²) in [6.45, 7) is 14.4. The highest BCUT2D eigenvalue weighted by Gasteiger charge is 2.44. The van der Waals surface area contributed by atoms with Gasteiger partial charge in [0.2, 0.25) is 0 Å². The topological polar surface area (TPSA) is 98.0 Å². The van der Waals surface area contributed by atoms with E-state index in [4.69, 9.17) is 15.9 Å². The lowest BCUT2D eigenvalue weighted by molar-refractivity contribution is 0.318. The molecular weight excluding hydrogens is 429 g/mol. The zero-order valence-corrected chi connectivity index (χ0v) is 21.7. The lowest BCUT2D eigenvalue weighted by atomic mass is 9.75. The van der Waals surface area contributed by atoms with Crippen LogP contribution in [0, 0.1) is 25.0 Å². The second kappa shape index (κ2) is 16.2. The number of allylic oxidation sites excluding steroid dienone is 3. The molecule has 4 rings (SSSR count). The van der Waals surface area contributed by atoms with Crippen LogP contribution in [0.2, 0.25) is 0 Å². The Morgan fingerprint density at radius 1 is 1.21 bits per heavy atom. The van der Waals surface area contributed by atoms with E-state index in [1.54, 1.807) is 6.92 Å². The summed E-state index contributed by atoms with van der Waals surface area (Å²) in [5.41, 5.74) is 13.1. The molecule has 1 saturated carbocycles. The van der Waals surface area contributed by atoms with Crippen LogP contribution in [0.25, 0.3) is 10.8 Å². The number of hydrogen-bond acceptors (Lipinski definition) is 3. The van der Waals surface area contributed by atoms with Gasteiger partial charge in [-0.1, -0.05) is 61.1 Å². The van der Waals surface area contributed by atoms with Crippen molar-refractivity contribution in [3.8, 4) is 0 Å². The van der Waals surface area contributed by atoms with Crippen molar-refractivity contribution in [3.63, 3.8) is 0 Å². The Morgan fingerprint density at radius 3 is 2.29 bits per heavy atom. The number of rotatable bonds is 3. The van der Waals surface area contributed by atoms with E-state index in [0.717, 1.165) is 25.9 Å². The monoisotopic (exact) mass is 475 g/mol. The summed E-state index contributed by atoms with van der Waals surface area (Å²) in [7, 11) is 1.00. The van der Waals surface area contributed by atoms with Crippen molar-refractivity contribution in [3.05, 3.63) is 83.0 Å². The quantitative estimate of drug-likeness (QED) is 0.551. The Morgan fingerprint density at radius 2 is 1.79 bits per heavy atom. The fourth-order valence-corrected chi connectivity index (χ4v) is 4.03. The van der Waals surface area contributed by atoms with Crippen molar-refractivity contribution in [1.82, 2.24) is 0 Å². The highest BCUT2D eigenvalue weighted by atomic mass is 19.0. The average molecular weight is 476 g/mol. The zero-order chi connectivity index (χ0) is 24.3. The molecule has 192 valence electrons. The molecule has 34 heavy (non-hydrogen) atoms. The zero-order valence-electron chi connectivity index (χ0n) is 21.7. The predicted octanol–water partition coefficient (Wildman–Crippen LogP) is 5.44. The number of halogens is 1. The minimum Gasteiger partial charge on any atom is -0.412 e. The van der Waals surface area contributed by atoms with Crippen molar-refractivity contribution >= 4 is 10.8 Å². The van der Waals surface area contributed by atoms with Crippen molar-refractivity contribution < 1.29 is 21.8 Å². The van der Waals surface area contributed by atoms with Crippen LogP contribution >= 0.6 is 0 Å². The highest BCUT2D eigenvalue weighted by Crippen LogP contribution is 2.47. The minimum absolute atomic E-state index is 0. The maximum absolute atomic E-state index is 7.57. The summed E-state index contributed by atoms with van der Waals surface area (Å²) in [4.78, 5) is 0. The van der Waals surface area contributed by atoms with Gasteiger partial charge in [0.15, 0.2) is 0 Å². The van der Waals surface area contributed by atoms with Crippen molar-refractivity contribution in [2.75, 3.05) is 13.7 Å². The van der Waals surface area contributed by atoms with E-state index < -0.39 is 0 Å². The first-order valence-electron chi connectivity index (χ1n) is 11.5. The third-order valence-electron chi connectivity index (χ3n) is 6.10. The van der Waals surface area contributed by atoms with Crippen LogP contribution < -0.4 is 5.73 Å². The minimum atomic E-state index is -0.0450. The van der Waals surface area contributed by atoms with E-state index in [1.165, 1.54) is 51.5 Å². The van der Waals surface area contributed by atoms with Crippen LogP contribution in [0.3, 0.4) is 0 Å². The largest absolute Gasteiger partial charge is 0.412 e. The summed E-state index contributed by atoms with van der Waals surface area (Å²) in [5, 5.41) is 17.0. The van der Waals surface area contributed by atoms with Gasteiger partial charge in [-0.05, 0) is 93.5 Å². The summed E-state index contributed by atoms with van der Waals surface area (Å²) in [6, 6.07) is 14.7. The van der Waals surface area contributed by atoms with Gasteiger partial charge in [-0.25, -0.2) is 0 Å². The molecule has 0 aliphatic heterocycles. The molecule has 0 saturated heterocycles. The van der Waals surface area contributed by atoms with Gasteiger partial charge in [0, 0.05) is 26.1 Å². The Hall–Kier alpha value is -2.49. The molecule has 6 N–H and O–H groups in total. The molecule has 0 radical (unpaired) electrons. The van der Waals surface area contributed by atoms with Crippen LogP contribution in [0.15, 0.2) is 59.7 Å². The van der Waals surface area contributed by atoms with Crippen LogP contribution in [0.4, 0.5) is 4.70 Å². The first kappa shape index (κ1) is 33.7. The SMILES string of the molecule is C=CC1=C(C)CC(N)(C2CC2)C(C)=C1.CCO.CCc1ccc2c(C)cc#cc2c1.CO.F.O.[HH]. The Bertz CT molecular complexity index is 954. The average Bonchev–Trinajstić information content (AvgIpc) is 3.65. The van der Waals surface area contributed by atoms with Gasteiger partial charge < -0.3 is 21.4 Å². The normalized spacial score (nSPS) is 18.1. The standard InChI is InChI=1S/C13H19N.C13H12.C2H6O.CH4O.FH.H2O.H2/c1-4-11-7-10(3)13(14,8-9(11)2)12-5-6-12;1-3-11-7-8-13-10(2)5-4-6-12(13)9-11;1-2-3;1-2;;;/h4,7,12H,1,5-6,8,14H2,2-3H3;5,7-9H,3H2,1-2H3;3H,2H2,1H3;2H,1H3;1H;1H2;1H. The number of aliphatic hydroxyl groups excluding tert-OH is 2. The number of benzene rings is 1. The maximum Gasteiger partial charge on any atom is 0.0435 e. The molecular formula is C29H46FNO3. The lowest BCUT2D eigenvalue weighted by Crippen LogP contribution is -2.45. The molecule has 1 atom stereocenters. The summed E-state index contributed by atoms with van der Waals surface area (Å²) in [5.74, 6) is 0.722. The van der Waals surface area contributed by atoms with E-state index in [0.29, 0.717) is 0 Å². The number of aryl methyl sites for hydroxylation is 2. The first-order chi connectivity index (χ1) is 15.3. The third kappa shape index (κ3) is 8.70. The molecule has 5 heteroatoms. The van der Waals surface area contributed by atoms with E-state index in [1.807, 2.05) is 12.1 Å². The number of fused-ring (bicyclic) bond motifs is 1.